The highest BCUT2D eigenvalue weighted by Gasteiger charge is 2.12. The van der Waals surface area contributed by atoms with Gasteiger partial charge >= 0.3 is 6.09 Å². The van der Waals surface area contributed by atoms with Crippen LogP contribution in [0, 0.1) is 6.92 Å². The molecule has 5 nitrogen and oxygen atoms in total. The Morgan fingerprint density at radius 3 is 2.65 bits per heavy atom. The van der Waals surface area contributed by atoms with Gasteiger partial charge in [0.25, 0.3) is 0 Å². The Hall–Kier alpha value is -2.92. The predicted molar refractivity (Wildman–Crippen MR) is 101 cm³/mol. The van der Waals surface area contributed by atoms with E-state index in [1.807, 2.05) is 25.1 Å². The molecule has 1 aromatic heterocycles. The van der Waals surface area contributed by atoms with Crippen molar-refractivity contribution >= 4 is 23.4 Å². The Bertz CT molecular complexity index is 902. The van der Waals surface area contributed by atoms with Gasteiger partial charge in [0.15, 0.2) is 0 Å². The van der Waals surface area contributed by atoms with Crippen LogP contribution in [0.15, 0.2) is 59.0 Å². The largest absolute Gasteiger partial charge is 0.497 e. The van der Waals surface area contributed by atoms with E-state index in [0.29, 0.717) is 28.0 Å². The number of anilines is 1. The van der Waals surface area contributed by atoms with Crippen molar-refractivity contribution in [2.24, 2.45) is 0 Å². The van der Waals surface area contributed by atoms with Gasteiger partial charge in [-0.3, -0.25) is 5.32 Å². The second kappa shape index (κ2) is 7.97. The third kappa shape index (κ3) is 4.37. The van der Waals surface area contributed by atoms with Crippen LogP contribution in [-0.2, 0) is 11.3 Å². The molecule has 2 aromatic carbocycles. The summed E-state index contributed by atoms with van der Waals surface area (Å²) in [6.07, 6.45) is -0.549. The number of hydrogen-bond acceptors (Lipinski definition) is 4. The third-order valence-electron chi connectivity index (χ3n) is 3.82. The summed E-state index contributed by atoms with van der Waals surface area (Å²) >= 11 is 5.90. The first kappa shape index (κ1) is 17.9. The fourth-order valence-electron chi connectivity index (χ4n) is 2.42. The van der Waals surface area contributed by atoms with Crippen molar-refractivity contribution < 1.29 is 18.7 Å². The number of carbonyl (C=O) groups is 1. The van der Waals surface area contributed by atoms with Crippen molar-refractivity contribution in [3.8, 4) is 17.1 Å². The van der Waals surface area contributed by atoms with Gasteiger partial charge in [-0.1, -0.05) is 17.7 Å². The van der Waals surface area contributed by atoms with E-state index in [1.54, 1.807) is 43.5 Å². The van der Waals surface area contributed by atoms with Gasteiger partial charge in [0.2, 0.25) is 0 Å². The van der Waals surface area contributed by atoms with Gasteiger partial charge in [-0.15, -0.1) is 0 Å². The van der Waals surface area contributed by atoms with E-state index in [4.69, 9.17) is 25.5 Å². The second-order valence-corrected chi connectivity index (χ2v) is 6.07. The van der Waals surface area contributed by atoms with Gasteiger partial charge in [0, 0.05) is 27.9 Å². The normalized spacial score (nSPS) is 10.4. The number of ether oxygens (including phenoxy) is 2. The summed E-state index contributed by atoms with van der Waals surface area (Å²) in [5.74, 6) is 2.05. The molecule has 1 N–H and O–H groups in total. The molecular weight excluding hydrogens is 354 g/mol. The van der Waals surface area contributed by atoms with Crippen LogP contribution in [0.25, 0.3) is 11.3 Å². The minimum atomic E-state index is -0.549. The summed E-state index contributed by atoms with van der Waals surface area (Å²) in [5.41, 5.74) is 2.31. The molecule has 0 saturated heterocycles. The van der Waals surface area contributed by atoms with Crippen LogP contribution >= 0.6 is 11.6 Å². The SMILES string of the molecule is COc1cccc(NC(=O)OCc2cc(-c3ccc(Cl)cc3)oc2C)c1. The van der Waals surface area contributed by atoms with E-state index in [2.05, 4.69) is 5.32 Å². The van der Waals surface area contributed by atoms with Crippen LogP contribution in [-0.4, -0.2) is 13.2 Å². The molecule has 26 heavy (non-hydrogen) atoms. The van der Waals surface area contributed by atoms with Crippen molar-refractivity contribution in [3.05, 3.63) is 70.9 Å². The Morgan fingerprint density at radius 2 is 1.92 bits per heavy atom. The van der Waals surface area contributed by atoms with E-state index in [-0.39, 0.29) is 6.61 Å². The summed E-state index contributed by atoms with van der Waals surface area (Å²) in [6, 6.07) is 16.3. The number of rotatable bonds is 5. The zero-order valence-corrected chi connectivity index (χ0v) is 15.2. The minimum Gasteiger partial charge on any atom is -0.497 e. The molecule has 0 radical (unpaired) electrons. The van der Waals surface area contributed by atoms with Gasteiger partial charge in [-0.25, -0.2) is 4.79 Å². The maximum atomic E-state index is 12.0. The van der Waals surface area contributed by atoms with Crippen molar-refractivity contribution in [1.82, 2.24) is 0 Å². The first-order valence-electron chi connectivity index (χ1n) is 7.98. The lowest BCUT2D eigenvalue weighted by Crippen LogP contribution is -2.13. The molecule has 1 heterocycles. The number of aryl methyl sites for hydroxylation is 1. The molecule has 0 fully saturated rings. The van der Waals surface area contributed by atoms with Gasteiger partial charge in [-0.05, 0) is 49.4 Å². The molecule has 134 valence electrons. The monoisotopic (exact) mass is 371 g/mol. The zero-order valence-electron chi connectivity index (χ0n) is 14.4. The number of furan rings is 1. The standard InChI is InChI=1S/C20H18ClNO4/c1-13-15(10-19(26-13)14-6-8-16(21)9-7-14)12-25-20(23)22-17-4-3-5-18(11-17)24-2/h3-11H,12H2,1-2H3,(H,22,23). The average molecular weight is 372 g/mol. The van der Waals surface area contributed by atoms with Gasteiger partial charge in [0.05, 0.1) is 7.11 Å². The Kier molecular flexibility index (Phi) is 5.49. The molecule has 0 saturated carbocycles. The highest BCUT2D eigenvalue weighted by Crippen LogP contribution is 2.27. The van der Waals surface area contributed by atoms with Crippen LogP contribution in [0.4, 0.5) is 10.5 Å². The van der Waals surface area contributed by atoms with Crippen LogP contribution in [0.1, 0.15) is 11.3 Å². The summed E-state index contributed by atoms with van der Waals surface area (Å²) in [6.45, 7) is 1.94. The number of carbonyl (C=O) groups excluding carboxylic acids is 1. The lowest BCUT2D eigenvalue weighted by Gasteiger charge is -2.07. The first-order chi connectivity index (χ1) is 12.5. The topological polar surface area (TPSA) is 60.7 Å². The van der Waals surface area contributed by atoms with Crippen molar-refractivity contribution in [1.29, 1.82) is 0 Å². The highest BCUT2D eigenvalue weighted by atomic mass is 35.5. The van der Waals surface area contributed by atoms with Crippen LogP contribution in [0.3, 0.4) is 0 Å². The number of nitrogens with one attached hydrogen (secondary N) is 1. The first-order valence-corrected chi connectivity index (χ1v) is 8.36. The molecule has 0 aliphatic carbocycles. The third-order valence-corrected chi connectivity index (χ3v) is 4.08. The molecule has 1 amide bonds. The number of halogens is 1. The fraction of sp³-hybridized carbons (Fsp3) is 0.150. The molecule has 3 aromatic rings. The molecule has 0 bridgehead atoms. The van der Waals surface area contributed by atoms with Crippen molar-refractivity contribution in [2.75, 3.05) is 12.4 Å². The lowest BCUT2D eigenvalue weighted by molar-refractivity contribution is 0.154. The fourth-order valence-corrected chi connectivity index (χ4v) is 2.54. The molecule has 6 heteroatoms. The van der Waals surface area contributed by atoms with Crippen LogP contribution in [0.2, 0.25) is 5.02 Å². The van der Waals surface area contributed by atoms with Gasteiger partial charge < -0.3 is 13.9 Å². The summed E-state index contributed by atoms with van der Waals surface area (Å²) in [4.78, 5) is 12.0. The molecule has 0 spiro atoms. The van der Waals surface area contributed by atoms with E-state index >= 15 is 0 Å². The number of amides is 1. The summed E-state index contributed by atoms with van der Waals surface area (Å²) in [7, 11) is 1.57. The van der Waals surface area contributed by atoms with Crippen LogP contribution in [0.5, 0.6) is 5.75 Å². The van der Waals surface area contributed by atoms with Crippen molar-refractivity contribution in [3.63, 3.8) is 0 Å². The average Bonchev–Trinajstić information content (AvgIpc) is 3.01. The molecule has 0 unspecified atom stereocenters. The Labute approximate surface area is 156 Å². The molecule has 0 atom stereocenters. The zero-order chi connectivity index (χ0) is 18.5. The van der Waals surface area contributed by atoms with E-state index in [0.717, 1.165) is 11.1 Å². The number of hydrogen-bond donors (Lipinski definition) is 1. The molecule has 0 aliphatic heterocycles. The Morgan fingerprint density at radius 1 is 1.15 bits per heavy atom. The van der Waals surface area contributed by atoms with Gasteiger partial charge in [-0.2, -0.15) is 0 Å². The second-order valence-electron chi connectivity index (χ2n) is 5.63. The number of methoxy groups -OCH3 is 1. The van der Waals surface area contributed by atoms with E-state index in [9.17, 15) is 4.79 Å². The molecule has 3 rings (SSSR count). The lowest BCUT2D eigenvalue weighted by atomic mass is 10.1. The smallest absolute Gasteiger partial charge is 0.411 e. The van der Waals surface area contributed by atoms with Crippen molar-refractivity contribution in [2.45, 2.75) is 13.5 Å². The predicted octanol–water partition coefficient (Wildman–Crippen LogP) is 5.67. The molecule has 0 aliphatic rings. The maximum absolute atomic E-state index is 12.0. The van der Waals surface area contributed by atoms with E-state index in [1.165, 1.54) is 0 Å². The minimum absolute atomic E-state index is 0.110. The van der Waals surface area contributed by atoms with E-state index < -0.39 is 6.09 Å². The highest BCUT2D eigenvalue weighted by molar-refractivity contribution is 6.30. The number of benzene rings is 2. The van der Waals surface area contributed by atoms with Crippen LogP contribution < -0.4 is 10.1 Å². The quantitative estimate of drug-likeness (QED) is 0.628. The Balaban J connectivity index is 1.62. The van der Waals surface area contributed by atoms with Gasteiger partial charge in [0.1, 0.15) is 23.9 Å². The summed E-state index contributed by atoms with van der Waals surface area (Å²) in [5, 5.41) is 3.33. The molecular formula is C20H18ClNO4. The maximum Gasteiger partial charge on any atom is 0.411 e. The summed E-state index contributed by atoms with van der Waals surface area (Å²) < 4.78 is 16.2.